The molecule has 1 aromatic carbocycles. The summed E-state index contributed by atoms with van der Waals surface area (Å²) in [5, 5.41) is 18.4. The van der Waals surface area contributed by atoms with Crippen LogP contribution < -0.4 is 0 Å². The molecule has 0 aliphatic carbocycles. The molecule has 1 heterocycles. The fourth-order valence-electron chi connectivity index (χ4n) is 2.67. The number of halogens is 1. The number of aliphatic carboxylic acids is 1. The summed E-state index contributed by atoms with van der Waals surface area (Å²) in [6.07, 6.45) is 2.33. The maximum Gasteiger partial charge on any atom is 0.303 e. The standard InChI is InChI=1S/C15H18FNO4/c16-11-4-5-12(13(18)8-11)15(21)17-7-1-2-10(9-17)3-6-14(19)20/h4-5,8,10,18H,1-3,6-7,9H2,(H,19,20). The zero-order chi connectivity index (χ0) is 15.4. The Morgan fingerprint density at radius 2 is 2.14 bits per heavy atom. The van der Waals surface area contributed by atoms with Crippen LogP contribution in [-0.2, 0) is 4.79 Å². The van der Waals surface area contributed by atoms with Gasteiger partial charge in [0.2, 0.25) is 0 Å². The van der Waals surface area contributed by atoms with Crippen molar-refractivity contribution in [3.05, 3.63) is 29.6 Å². The molecule has 1 saturated heterocycles. The molecule has 1 fully saturated rings. The predicted molar refractivity (Wildman–Crippen MR) is 73.6 cm³/mol. The molecule has 0 radical (unpaired) electrons. The van der Waals surface area contributed by atoms with Crippen LogP contribution in [0.25, 0.3) is 0 Å². The Kier molecular flexibility index (Phi) is 4.77. The lowest BCUT2D eigenvalue weighted by Gasteiger charge is -2.32. The minimum atomic E-state index is -0.838. The summed E-state index contributed by atoms with van der Waals surface area (Å²) >= 11 is 0. The highest BCUT2D eigenvalue weighted by Gasteiger charge is 2.26. The van der Waals surface area contributed by atoms with Gasteiger partial charge in [-0.1, -0.05) is 0 Å². The van der Waals surface area contributed by atoms with Crippen molar-refractivity contribution in [2.45, 2.75) is 25.7 Å². The first-order valence-electron chi connectivity index (χ1n) is 6.97. The first-order chi connectivity index (χ1) is 9.97. The number of amides is 1. The highest BCUT2D eigenvalue weighted by Crippen LogP contribution is 2.25. The van der Waals surface area contributed by atoms with Crippen LogP contribution in [0.15, 0.2) is 18.2 Å². The third-order valence-corrected chi connectivity index (χ3v) is 3.76. The van der Waals surface area contributed by atoms with Crippen molar-refractivity contribution in [1.29, 1.82) is 0 Å². The summed E-state index contributed by atoms with van der Waals surface area (Å²) in [6.45, 7) is 1.04. The third-order valence-electron chi connectivity index (χ3n) is 3.76. The van der Waals surface area contributed by atoms with Gasteiger partial charge in [-0.25, -0.2) is 4.39 Å². The molecule has 114 valence electrons. The number of hydrogen-bond acceptors (Lipinski definition) is 3. The van der Waals surface area contributed by atoms with Gasteiger partial charge in [0, 0.05) is 25.6 Å². The monoisotopic (exact) mass is 295 g/mol. The molecule has 6 heteroatoms. The Labute approximate surface area is 122 Å². The highest BCUT2D eigenvalue weighted by molar-refractivity contribution is 5.96. The molecule has 0 bridgehead atoms. The highest BCUT2D eigenvalue weighted by atomic mass is 19.1. The number of piperidine rings is 1. The zero-order valence-electron chi connectivity index (χ0n) is 11.6. The first-order valence-corrected chi connectivity index (χ1v) is 6.97. The topological polar surface area (TPSA) is 77.8 Å². The van der Waals surface area contributed by atoms with E-state index in [2.05, 4.69) is 0 Å². The van der Waals surface area contributed by atoms with Gasteiger partial charge in [0.05, 0.1) is 5.56 Å². The maximum atomic E-state index is 13.0. The van der Waals surface area contributed by atoms with E-state index in [1.807, 2.05) is 0 Å². The fourth-order valence-corrected chi connectivity index (χ4v) is 2.67. The Morgan fingerprint density at radius 1 is 1.38 bits per heavy atom. The van der Waals surface area contributed by atoms with E-state index in [0.717, 1.165) is 25.0 Å². The molecule has 5 nitrogen and oxygen atoms in total. The average Bonchev–Trinajstić information content (AvgIpc) is 2.45. The second-order valence-corrected chi connectivity index (χ2v) is 5.35. The van der Waals surface area contributed by atoms with Crippen molar-refractivity contribution in [3.8, 4) is 5.75 Å². The SMILES string of the molecule is O=C(O)CCC1CCCN(C(=O)c2ccc(F)cc2O)C1. The van der Waals surface area contributed by atoms with E-state index in [1.54, 1.807) is 4.90 Å². The Balaban J connectivity index is 2.03. The van der Waals surface area contributed by atoms with Crippen LogP contribution in [0.2, 0.25) is 0 Å². The lowest BCUT2D eigenvalue weighted by molar-refractivity contribution is -0.137. The molecule has 21 heavy (non-hydrogen) atoms. The third kappa shape index (κ3) is 3.93. The minimum Gasteiger partial charge on any atom is -0.507 e. The molecular weight excluding hydrogens is 277 g/mol. The second kappa shape index (κ2) is 6.56. The number of hydrogen-bond donors (Lipinski definition) is 2. The van der Waals surface area contributed by atoms with Gasteiger partial charge in [-0.3, -0.25) is 9.59 Å². The average molecular weight is 295 g/mol. The van der Waals surface area contributed by atoms with E-state index in [4.69, 9.17) is 5.11 Å². The van der Waals surface area contributed by atoms with Crippen LogP contribution in [0, 0.1) is 11.7 Å². The number of nitrogens with zero attached hydrogens (tertiary/aromatic N) is 1. The molecule has 1 unspecified atom stereocenters. The fraction of sp³-hybridized carbons (Fsp3) is 0.467. The summed E-state index contributed by atoms with van der Waals surface area (Å²) in [7, 11) is 0. The van der Waals surface area contributed by atoms with Crippen LogP contribution in [0.3, 0.4) is 0 Å². The van der Waals surface area contributed by atoms with Crippen molar-refractivity contribution in [1.82, 2.24) is 4.90 Å². The number of benzene rings is 1. The smallest absolute Gasteiger partial charge is 0.303 e. The minimum absolute atomic E-state index is 0.0790. The number of carboxylic acids is 1. The molecule has 2 N–H and O–H groups in total. The second-order valence-electron chi connectivity index (χ2n) is 5.35. The van der Waals surface area contributed by atoms with E-state index in [0.29, 0.717) is 19.5 Å². The quantitative estimate of drug-likeness (QED) is 0.893. The predicted octanol–water partition coefficient (Wildman–Crippen LogP) is 2.25. The first kappa shape index (κ1) is 15.3. The lowest BCUT2D eigenvalue weighted by atomic mass is 9.93. The molecule has 1 aliphatic rings. The summed E-state index contributed by atoms with van der Waals surface area (Å²) in [5.41, 5.74) is 0.0790. The van der Waals surface area contributed by atoms with E-state index in [9.17, 15) is 19.1 Å². The number of phenols is 1. The van der Waals surface area contributed by atoms with Gasteiger partial charge in [-0.05, 0) is 37.3 Å². The van der Waals surface area contributed by atoms with E-state index < -0.39 is 11.8 Å². The summed E-state index contributed by atoms with van der Waals surface area (Å²) in [5.74, 6) is -1.99. The van der Waals surface area contributed by atoms with E-state index >= 15 is 0 Å². The van der Waals surface area contributed by atoms with Crippen LogP contribution in [0.4, 0.5) is 4.39 Å². The number of carboxylic acid groups (broad SMARTS) is 1. The van der Waals surface area contributed by atoms with E-state index in [1.165, 1.54) is 6.07 Å². The van der Waals surface area contributed by atoms with Gasteiger partial charge in [0.15, 0.2) is 0 Å². The molecule has 0 spiro atoms. The van der Waals surface area contributed by atoms with Gasteiger partial charge in [-0.2, -0.15) is 0 Å². The molecule has 1 amide bonds. The van der Waals surface area contributed by atoms with Gasteiger partial charge in [0.1, 0.15) is 11.6 Å². The number of carbonyl (C=O) groups excluding carboxylic acids is 1. The van der Waals surface area contributed by atoms with Crippen molar-refractivity contribution in [2.75, 3.05) is 13.1 Å². The van der Waals surface area contributed by atoms with Gasteiger partial charge in [0.25, 0.3) is 5.91 Å². The Bertz CT molecular complexity index is 546. The number of carbonyl (C=O) groups is 2. The normalized spacial score (nSPS) is 18.5. The van der Waals surface area contributed by atoms with Crippen molar-refractivity contribution in [3.63, 3.8) is 0 Å². The molecule has 1 aromatic rings. The number of likely N-dealkylation sites (tertiary alicyclic amines) is 1. The van der Waals surface area contributed by atoms with Gasteiger partial charge in [-0.15, -0.1) is 0 Å². The van der Waals surface area contributed by atoms with Crippen LogP contribution in [-0.4, -0.2) is 40.1 Å². The lowest BCUT2D eigenvalue weighted by Crippen LogP contribution is -2.40. The van der Waals surface area contributed by atoms with E-state index in [-0.39, 0.29) is 29.6 Å². The summed E-state index contributed by atoms with van der Waals surface area (Å²) in [4.78, 5) is 24.5. The molecular formula is C15H18FNO4. The summed E-state index contributed by atoms with van der Waals surface area (Å²) < 4.78 is 13.0. The molecule has 1 atom stereocenters. The van der Waals surface area contributed by atoms with Crippen molar-refractivity contribution in [2.24, 2.45) is 5.92 Å². The molecule has 0 saturated carbocycles. The van der Waals surface area contributed by atoms with Crippen LogP contribution >= 0.6 is 0 Å². The Hall–Kier alpha value is -2.11. The van der Waals surface area contributed by atoms with Gasteiger partial charge < -0.3 is 15.1 Å². The number of rotatable bonds is 4. The number of phenolic OH excluding ortho intramolecular Hbond substituents is 1. The maximum absolute atomic E-state index is 13.0. The van der Waals surface area contributed by atoms with Crippen molar-refractivity contribution < 1.29 is 24.2 Å². The molecule has 1 aliphatic heterocycles. The van der Waals surface area contributed by atoms with Crippen molar-refractivity contribution >= 4 is 11.9 Å². The number of aromatic hydroxyl groups is 1. The largest absolute Gasteiger partial charge is 0.507 e. The summed E-state index contributed by atoms with van der Waals surface area (Å²) in [6, 6.07) is 3.33. The molecule has 2 rings (SSSR count). The zero-order valence-corrected chi connectivity index (χ0v) is 11.6. The van der Waals surface area contributed by atoms with Gasteiger partial charge >= 0.3 is 5.97 Å². The Morgan fingerprint density at radius 3 is 2.81 bits per heavy atom. The van der Waals surface area contributed by atoms with Crippen LogP contribution in [0.1, 0.15) is 36.0 Å². The molecule has 0 aromatic heterocycles. The van der Waals surface area contributed by atoms with Crippen LogP contribution in [0.5, 0.6) is 5.75 Å².